The van der Waals surface area contributed by atoms with E-state index in [9.17, 15) is 13.2 Å². The first-order valence-corrected chi connectivity index (χ1v) is 10.8. The Morgan fingerprint density at radius 2 is 2.00 bits per heavy atom. The van der Waals surface area contributed by atoms with E-state index in [2.05, 4.69) is 21.0 Å². The third-order valence-electron chi connectivity index (χ3n) is 3.66. The van der Waals surface area contributed by atoms with E-state index in [-0.39, 0.29) is 23.1 Å². The van der Waals surface area contributed by atoms with Gasteiger partial charge in [-0.2, -0.15) is 4.68 Å². The molecule has 0 radical (unpaired) electrons. The number of methoxy groups -OCH3 is 1. The summed E-state index contributed by atoms with van der Waals surface area (Å²) in [4.78, 5) is 12.8. The number of sulfone groups is 1. The number of nitrogens with zero attached hydrogens (tertiary/aromatic N) is 2. The van der Waals surface area contributed by atoms with Gasteiger partial charge < -0.3 is 9.15 Å². The van der Waals surface area contributed by atoms with Crippen molar-refractivity contribution in [2.45, 2.75) is 18.4 Å². The maximum absolute atomic E-state index is 12.4. The molecule has 3 rings (SSSR count). The average molecular weight is 459 g/mol. The molecule has 0 amide bonds. The maximum Gasteiger partial charge on any atom is 0.437 e. The molecule has 7 nitrogen and oxygen atoms in total. The molecule has 0 aliphatic carbocycles. The van der Waals surface area contributed by atoms with E-state index in [0.29, 0.717) is 10.6 Å². The van der Waals surface area contributed by atoms with Crippen LogP contribution in [0.5, 0.6) is 5.75 Å². The molecule has 0 N–H and O–H groups in total. The fourth-order valence-corrected chi connectivity index (χ4v) is 5.06. The fourth-order valence-electron chi connectivity index (χ4n) is 2.27. The van der Waals surface area contributed by atoms with Crippen molar-refractivity contribution >= 4 is 37.1 Å². The predicted molar refractivity (Wildman–Crippen MR) is 102 cm³/mol. The Labute approximate surface area is 162 Å². The zero-order valence-electron chi connectivity index (χ0n) is 13.9. The molecular weight excluding hydrogens is 444 g/mol. The maximum atomic E-state index is 12.4. The topological polar surface area (TPSA) is 91.4 Å². The summed E-state index contributed by atoms with van der Waals surface area (Å²) in [5.41, 5.74) is 0.970. The van der Waals surface area contributed by atoms with Gasteiger partial charge in [-0.1, -0.05) is 17.7 Å². The lowest BCUT2D eigenvalue weighted by atomic mass is 10.2. The molecule has 0 aliphatic heterocycles. The monoisotopic (exact) mass is 458 g/mol. The SMILES string of the molecule is COc1c(Br)csc1-c1nn(CCS(=O)(=O)c2ccc(C)cc2)c(=O)o1. The summed E-state index contributed by atoms with van der Waals surface area (Å²) in [7, 11) is -2.03. The minimum atomic E-state index is -3.53. The molecular formula is C16H15BrN2O5S2. The minimum absolute atomic E-state index is 0.0929. The number of ether oxygens (including phenoxy) is 1. The van der Waals surface area contributed by atoms with Crippen LogP contribution < -0.4 is 10.5 Å². The van der Waals surface area contributed by atoms with Crippen molar-refractivity contribution in [3.05, 3.63) is 50.2 Å². The van der Waals surface area contributed by atoms with E-state index in [1.54, 1.807) is 29.6 Å². The van der Waals surface area contributed by atoms with Gasteiger partial charge in [-0.25, -0.2) is 13.2 Å². The van der Waals surface area contributed by atoms with Gasteiger partial charge in [-0.05, 0) is 35.0 Å². The van der Waals surface area contributed by atoms with Crippen LogP contribution in [0.25, 0.3) is 10.8 Å². The lowest BCUT2D eigenvalue weighted by molar-refractivity contribution is 0.413. The number of hydrogen-bond donors (Lipinski definition) is 0. The van der Waals surface area contributed by atoms with Gasteiger partial charge in [0.05, 0.1) is 28.8 Å². The number of hydrogen-bond acceptors (Lipinski definition) is 7. The van der Waals surface area contributed by atoms with Crippen LogP contribution in [0.3, 0.4) is 0 Å². The van der Waals surface area contributed by atoms with Crippen molar-refractivity contribution in [1.82, 2.24) is 9.78 Å². The Balaban J connectivity index is 1.82. The summed E-state index contributed by atoms with van der Waals surface area (Å²) < 4.78 is 37.0. The number of aryl methyl sites for hydroxylation is 2. The van der Waals surface area contributed by atoms with Crippen molar-refractivity contribution in [2.24, 2.45) is 0 Å². The molecule has 0 atom stereocenters. The van der Waals surface area contributed by atoms with E-state index in [4.69, 9.17) is 9.15 Å². The number of benzene rings is 1. The van der Waals surface area contributed by atoms with Crippen LogP contribution in [-0.4, -0.2) is 31.1 Å². The quantitative estimate of drug-likeness (QED) is 0.563. The van der Waals surface area contributed by atoms with Crippen molar-refractivity contribution in [1.29, 1.82) is 0 Å². The highest BCUT2D eigenvalue weighted by Crippen LogP contribution is 2.40. The van der Waals surface area contributed by atoms with Crippen LogP contribution in [-0.2, 0) is 16.4 Å². The number of halogens is 1. The molecule has 26 heavy (non-hydrogen) atoms. The summed E-state index contributed by atoms with van der Waals surface area (Å²) in [6.07, 6.45) is 0. The van der Waals surface area contributed by atoms with Crippen LogP contribution in [0.2, 0.25) is 0 Å². The van der Waals surface area contributed by atoms with Gasteiger partial charge in [0.1, 0.15) is 4.88 Å². The fraction of sp³-hybridized carbons (Fsp3) is 0.250. The first kappa shape index (κ1) is 18.9. The molecule has 2 heterocycles. The van der Waals surface area contributed by atoms with Gasteiger partial charge in [0.15, 0.2) is 15.6 Å². The van der Waals surface area contributed by atoms with Gasteiger partial charge in [-0.3, -0.25) is 0 Å². The standard InChI is InChI=1S/C16H15BrN2O5S2/c1-10-3-5-11(6-4-10)26(21,22)8-7-19-16(20)24-15(18-19)14-13(23-2)12(17)9-25-14/h3-6,9H,7-8H2,1-2H3. The predicted octanol–water partition coefficient (Wildman–Crippen LogP) is 3.12. The van der Waals surface area contributed by atoms with Crippen LogP contribution in [0.4, 0.5) is 0 Å². The van der Waals surface area contributed by atoms with E-state index in [0.717, 1.165) is 14.7 Å². The Kier molecular flexibility index (Phi) is 5.35. The molecule has 0 saturated heterocycles. The van der Waals surface area contributed by atoms with Crippen molar-refractivity contribution in [3.63, 3.8) is 0 Å². The third-order valence-corrected chi connectivity index (χ3v) is 7.21. The first-order valence-electron chi connectivity index (χ1n) is 7.50. The Bertz CT molecular complexity index is 1080. The van der Waals surface area contributed by atoms with E-state index >= 15 is 0 Å². The molecule has 0 unspecified atom stereocenters. The molecule has 10 heteroatoms. The summed E-state index contributed by atoms with van der Waals surface area (Å²) in [6.45, 7) is 1.78. The summed E-state index contributed by atoms with van der Waals surface area (Å²) in [6, 6.07) is 6.56. The van der Waals surface area contributed by atoms with Gasteiger partial charge in [0.2, 0.25) is 0 Å². The van der Waals surface area contributed by atoms with Crippen molar-refractivity contribution in [3.8, 4) is 16.5 Å². The van der Waals surface area contributed by atoms with Crippen LogP contribution in [0.1, 0.15) is 5.56 Å². The second-order valence-corrected chi connectivity index (χ2v) is 9.32. The highest BCUT2D eigenvalue weighted by molar-refractivity contribution is 9.10. The van der Waals surface area contributed by atoms with E-state index < -0.39 is 15.6 Å². The lowest BCUT2D eigenvalue weighted by Crippen LogP contribution is -2.21. The van der Waals surface area contributed by atoms with Crippen LogP contribution in [0, 0.1) is 6.92 Å². The van der Waals surface area contributed by atoms with Crippen molar-refractivity contribution in [2.75, 3.05) is 12.9 Å². The lowest BCUT2D eigenvalue weighted by Gasteiger charge is -2.04. The van der Waals surface area contributed by atoms with Crippen molar-refractivity contribution < 1.29 is 17.6 Å². The molecule has 0 saturated carbocycles. The Morgan fingerprint density at radius 3 is 2.65 bits per heavy atom. The molecule has 0 aliphatic rings. The number of aromatic nitrogens is 2. The van der Waals surface area contributed by atoms with Gasteiger partial charge >= 0.3 is 5.76 Å². The summed E-state index contributed by atoms with van der Waals surface area (Å²) in [5.74, 6) is -0.371. The van der Waals surface area contributed by atoms with Gasteiger partial charge in [0.25, 0.3) is 5.89 Å². The summed E-state index contributed by atoms with van der Waals surface area (Å²) >= 11 is 4.64. The van der Waals surface area contributed by atoms with Gasteiger partial charge in [0, 0.05) is 5.38 Å². The second-order valence-electron chi connectivity index (χ2n) is 5.47. The molecule has 1 aromatic carbocycles. The number of thiophene rings is 1. The average Bonchev–Trinajstić information content (AvgIpc) is 3.15. The largest absolute Gasteiger partial charge is 0.494 e. The Hall–Kier alpha value is -1.91. The van der Waals surface area contributed by atoms with Gasteiger partial charge in [-0.15, -0.1) is 16.4 Å². The third kappa shape index (κ3) is 3.76. The summed E-state index contributed by atoms with van der Waals surface area (Å²) in [5, 5.41) is 5.88. The number of rotatable bonds is 6. The molecule has 0 fully saturated rings. The Morgan fingerprint density at radius 1 is 1.31 bits per heavy atom. The van der Waals surface area contributed by atoms with E-state index in [1.807, 2.05) is 6.92 Å². The second kappa shape index (κ2) is 7.37. The molecule has 138 valence electrons. The highest BCUT2D eigenvalue weighted by atomic mass is 79.9. The zero-order valence-corrected chi connectivity index (χ0v) is 17.2. The zero-order chi connectivity index (χ0) is 18.9. The van der Waals surface area contributed by atoms with Crippen LogP contribution >= 0.6 is 27.3 Å². The normalized spacial score (nSPS) is 11.7. The van der Waals surface area contributed by atoms with Crippen LogP contribution in [0.15, 0.2) is 48.2 Å². The highest BCUT2D eigenvalue weighted by Gasteiger charge is 2.21. The minimum Gasteiger partial charge on any atom is -0.494 e. The smallest absolute Gasteiger partial charge is 0.437 e. The first-order chi connectivity index (χ1) is 12.3. The van der Waals surface area contributed by atoms with E-state index in [1.165, 1.54) is 18.4 Å². The molecule has 2 aromatic heterocycles. The molecule has 3 aromatic rings. The molecule has 0 spiro atoms. The molecule has 0 bridgehead atoms.